The Morgan fingerprint density at radius 1 is 1.19 bits per heavy atom. The van der Waals surface area contributed by atoms with Gasteiger partial charge in [0.25, 0.3) is 0 Å². The van der Waals surface area contributed by atoms with Gasteiger partial charge in [0, 0.05) is 18.6 Å². The van der Waals surface area contributed by atoms with Crippen LogP contribution in [-0.2, 0) is 17.1 Å². The van der Waals surface area contributed by atoms with Crippen molar-refractivity contribution in [3.05, 3.63) is 55.9 Å². The van der Waals surface area contributed by atoms with Gasteiger partial charge in [-0.05, 0) is 0 Å². The van der Waals surface area contributed by atoms with Crippen LogP contribution in [-0.4, -0.2) is 19.7 Å². The van der Waals surface area contributed by atoms with Gasteiger partial charge in [-0.2, -0.15) is 0 Å². The van der Waals surface area contributed by atoms with Gasteiger partial charge < -0.3 is 35.2 Å². The van der Waals surface area contributed by atoms with Gasteiger partial charge >= 0.3 is 17.1 Å². The molecule has 0 aliphatic rings. The van der Waals surface area contributed by atoms with E-state index in [0.717, 1.165) is 0 Å². The predicted molar refractivity (Wildman–Crippen MR) is 49.3 cm³/mol. The topological polar surface area (TPSA) is 150 Å². The maximum Gasteiger partial charge on any atom is 2.00 e. The van der Waals surface area contributed by atoms with Crippen LogP contribution >= 0.6 is 0 Å². The van der Waals surface area contributed by atoms with E-state index in [1.54, 1.807) is 23.3 Å². The van der Waals surface area contributed by atoms with E-state index in [9.17, 15) is 0 Å². The van der Waals surface area contributed by atoms with Crippen LogP contribution in [0.1, 0.15) is 0 Å². The summed E-state index contributed by atoms with van der Waals surface area (Å²) in [4.78, 5) is 20.3. The molecular weight excluding hydrogens is 276 g/mol. The van der Waals surface area contributed by atoms with Gasteiger partial charge in [0.2, 0.25) is 0 Å². The summed E-state index contributed by atoms with van der Waals surface area (Å²) in [5.74, 6) is 0. The molecule has 0 aromatic carbocycles. The predicted octanol–water partition coefficient (Wildman–Crippen LogP) is 0.503. The molecule has 0 atom stereocenters. The van der Waals surface area contributed by atoms with Gasteiger partial charge in [-0.1, -0.05) is 6.58 Å². The molecule has 0 spiro atoms. The minimum absolute atomic E-state index is 0. The third-order valence-corrected chi connectivity index (χ3v) is 0.736. The molecule has 0 amide bonds. The minimum atomic E-state index is -1.75. The molecule has 0 saturated carbocycles. The molecule has 10 nitrogen and oxygen atoms in total. The molecule has 1 radical (unpaired) electrons. The molecule has 1 heterocycles. The molecule has 0 N–H and O–H groups in total. The molecule has 0 bridgehead atoms. The Labute approximate surface area is 99.5 Å². The van der Waals surface area contributed by atoms with E-state index >= 15 is 0 Å². The van der Waals surface area contributed by atoms with E-state index in [1.807, 2.05) is 6.20 Å². The Bertz CT molecular complexity index is 282. The summed E-state index contributed by atoms with van der Waals surface area (Å²) >= 11 is 0. The molecule has 0 aliphatic carbocycles. The average molecular weight is 282 g/mol. The van der Waals surface area contributed by atoms with Gasteiger partial charge in [0.05, 0.1) is 16.5 Å². The summed E-state index contributed by atoms with van der Waals surface area (Å²) in [5.41, 5.74) is 0. The molecule has 93 valence electrons. The molecule has 0 unspecified atom stereocenters. The molecule has 1 aromatic rings. The average Bonchev–Trinajstić information content (AvgIpc) is 2.52. The zero-order chi connectivity index (χ0) is 12.3. The smallest absolute Gasteiger partial charge is 0.356 e. The molecule has 0 fully saturated rings. The summed E-state index contributed by atoms with van der Waals surface area (Å²) in [6.07, 6.45) is 6.91. The van der Waals surface area contributed by atoms with Crippen LogP contribution in [0.3, 0.4) is 0 Å². The van der Waals surface area contributed by atoms with E-state index in [0.29, 0.717) is 0 Å². The molecule has 0 aliphatic heterocycles. The fourth-order valence-electron chi connectivity index (χ4n) is 0.377. The molecule has 11 heteroatoms. The summed E-state index contributed by atoms with van der Waals surface area (Å²) in [6.45, 7) is 3.53. The first-order valence-electron chi connectivity index (χ1n) is 3.13. The summed E-state index contributed by atoms with van der Waals surface area (Å²) in [7, 11) is 0. The monoisotopic (exact) mass is 281 g/mol. The SMILES string of the molecule is C=Cn1ccnc1.O=[N+]([O-])[O-].O=[N+]([O-])[O-].[Cu+2]. The van der Waals surface area contributed by atoms with Crippen molar-refractivity contribution in [3.8, 4) is 0 Å². The third kappa shape index (κ3) is 29.7. The van der Waals surface area contributed by atoms with Crippen LogP contribution in [0.4, 0.5) is 0 Å². The van der Waals surface area contributed by atoms with Crippen LogP contribution < -0.4 is 0 Å². The zero-order valence-corrected chi connectivity index (χ0v) is 8.50. The van der Waals surface area contributed by atoms with Crippen molar-refractivity contribution in [2.45, 2.75) is 0 Å². The fraction of sp³-hybridized carbons (Fsp3) is 0. The maximum absolute atomic E-state index is 8.25. The Hall–Kier alpha value is -2.13. The van der Waals surface area contributed by atoms with Gasteiger partial charge in [0.1, 0.15) is 0 Å². The molecule has 1 rings (SSSR count). The quantitative estimate of drug-likeness (QED) is 0.413. The Morgan fingerprint density at radius 3 is 1.69 bits per heavy atom. The second kappa shape index (κ2) is 12.9. The van der Waals surface area contributed by atoms with Gasteiger partial charge in [-0.3, -0.25) is 0 Å². The second-order valence-corrected chi connectivity index (χ2v) is 1.64. The van der Waals surface area contributed by atoms with E-state index in [2.05, 4.69) is 11.6 Å². The van der Waals surface area contributed by atoms with E-state index in [-0.39, 0.29) is 17.1 Å². The zero-order valence-electron chi connectivity index (χ0n) is 7.56. The van der Waals surface area contributed by atoms with Crippen molar-refractivity contribution < 1.29 is 27.2 Å². The van der Waals surface area contributed by atoms with E-state index in [1.165, 1.54) is 0 Å². The maximum atomic E-state index is 8.25. The standard InChI is InChI=1S/C5H6N2.Cu.2NO3/c1-2-7-4-3-6-5-7;;2*2-1(3)4/h2-5H,1H2;;;/q;+2;2*-1. The van der Waals surface area contributed by atoms with Crippen molar-refractivity contribution in [2.24, 2.45) is 0 Å². The summed E-state index contributed by atoms with van der Waals surface area (Å²) < 4.78 is 1.78. The van der Waals surface area contributed by atoms with Crippen molar-refractivity contribution in [3.63, 3.8) is 0 Å². The molecule has 1 aromatic heterocycles. The Balaban J connectivity index is -0.000000166. The largest absolute Gasteiger partial charge is 2.00 e. The van der Waals surface area contributed by atoms with Crippen molar-refractivity contribution >= 4 is 6.20 Å². The van der Waals surface area contributed by atoms with Crippen molar-refractivity contribution in [1.82, 2.24) is 9.55 Å². The second-order valence-electron chi connectivity index (χ2n) is 1.64. The van der Waals surface area contributed by atoms with Crippen LogP contribution in [0.15, 0.2) is 25.3 Å². The van der Waals surface area contributed by atoms with Gasteiger partial charge in [-0.25, -0.2) is 4.98 Å². The number of rotatable bonds is 1. The van der Waals surface area contributed by atoms with Gasteiger partial charge in [-0.15, -0.1) is 0 Å². The van der Waals surface area contributed by atoms with Crippen LogP contribution in [0, 0.1) is 30.6 Å². The van der Waals surface area contributed by atoms with E-state index < -0.39 is 10.2 Å². The number of imidazole rings is 1. The first kappa shape index (κ1) is 19.4. The van der Waals surface area contributed by atoms with E-state index in [4.69, 9.17) is 30.6 Å². The summed E-state index contributed by atoms with van der Waals surface area (Å²) in [5, 5.41) is 29.5. The third-order valence-electron chi connectivity index (χ3n) is 0.736. The Kier molecular flexibility index (Phi) is 15.6. The van der Waals surface area contributed by atoms with Crippen LogP contribution in [0.2, 0.25) is 0 Å². The molecular formula is C5H6CuN4O6. The minimum Gasteiger partial charge on any atom is -0.356 e. The van der Waals surface area contributed by atoms with Crippen molar-refractivity contribution in [1.29, 1.82) is 0 Å². The number of nitrogens with zero attached hydrogens (tertiary/aromatic N) is 4. The first-order chi connectivity index (χ1) is 6.90. The number of hydrogen-bond donors (Lipinski definition) is 0. The molecule has 16 heavy (non-hydrogen) atoms. The number of aromatic nitrogens is 2. The Morgan fingerprint density at radius 2 is 1.56 bits per heavy atom. The van der Waals surface area contributed by atoms with Crippen molar-refractivity contribution in [2.75, 3.05) is 0 Å². The first-order valence-corrected chi connectivity index (χ1v) is 3.13. The normalized spacial score (nSPS) is 6.75. The molecule has 0 saturated heterocycles. The fourth-order valence-corrected chi connectivity index (χ4v) is 0.377. The summed E-state index contributed by atoms with van der Waals surface area (Å²) in [6, 6.07) is 0. The van der Waals surface area contributed by atoms with Gasteiger partial charge in [0.15, 0.2) is 0 Å². The number of hydrogen-bond acceptors (Lipinski definition) is 7. The van der Waals surface area contributed by atoms with Crippen LogP contribution in [0.5, 0.6) is 0 Å². The van der Waals surface area contributed by atoms with Crippen LogP contribution in [0.25, 0.3) is 6.20 Å².